The molecule has 0 atom stereocenters. The van der Waals surface area contributed by atoms with Gasteiger partial charge in [0, 0.05) is 23.5 Å². The van der Waals surface area contributed by atoms with E-state index < -0.39 is 6.09 Å². The number of nitrogens with one attached hydrogen (secondary N) is 1. The summed E-state index contributed by atoms with van der Waals surface area (Å²) in [5.74, 6) is 1.15. The number of carbonyl (C=O) groups excluding carboxylic acids is 1. The highest BCUT2D eigenvalue weighted by Crippen LogP contribution is 2.20. The second kappa shape index (κ2) is 6.13. The number of ether oxygens (including phenoxy) is 2. The van der Waals surface area contributed by atoms with Gasteiger partial charge in [0.05, 0.1) is 7.11 Å². The van der Waals surface area contributed by atoms with Crippen molar-refractivity contribution in [3.63, 3.8) is 0 Å². The summed E-state index contributed by atoms with van der Waals surface area (Å²) in [6, 6.07) is 14.2. The number of aromatic nitrogens is 1. The Bertz CT molecular complexity index is 800. The molecule has 1 aromatic heterocycles. The molecule has 0 bridgehead atoms. The van der Waals surface area contributed by atoms with Gasteiger partial charge in [-0.3, -0.25) is 10.3 Å². The lowest BCUT2D eigenvalue weighted by Crippen LogP contribution is -2.16. The number of methoxy groups -OCH3 is 1. The largest absolute Gasteiger partial charge is 0.497 e. The van der Waals surface area contributed by atoms with Gasteiger partial charge in [-0.15, -0.1) is 0 Å². The van der Waals surface area contributed by atoms with Gasteiger partial charge in [0.1, 0.15) is 11.5 Å². The summed E-state index contributed by atoms with van der Waals surface area (Å²) < 4.78 is 10.3. The number of anilines is 1. The number of benzene rings is 2. The minimum atomic E-state index is -0.543. The maximum absolute atomic E-state index is 11.9. The molecule has 0 aliphatic carbocycles. The third kappa shape index (κ3) is 3.15. The molecule has 0 unspecified atom stereocenters. The maximum Gasteiger partial charge on any atom is 0.417 e. The van der Waals surface area contributed by atoms with Crippen LogP contribution in [0, 0.1) is 0 Å². The molecule has 0 aliphatic rings. The van der Waals surface area contributed by atoms with Crippen molar-refractivity contribution in [3.05, 3.63) is 60.9 Å². The van der Waals surface area contributed by atoms with Crippen molar-refractivity contribution in [2.75, 3.05) is 12.4 Å². The summed E-state index contributed by atoms with van der Waals surface area (Å²) in [7, 11) is 1.58. The second-order valence-corrected chi connectivity index (χ2v) is 4.63. The molecule has 0 saturated heterocycles. The minimum Gasteiger partial charge on any atom is -0.497 e. The van der Waals surface area contributed by atoms with E-state index in [1.807, 2.05) is 18.2 Å². The Labute approximate surface area is 127 Å². The van der Waals surface area contributed by atoms with Crippen LogP contribution >= 0.6 is 0 Å². The number of amides is 1. The van der Waals surface area contributed by atoms with Crippen LogP contribution in [0.3, 0.4) is 0 Å². The SMILES string of the molecule is COc1ccc(OC(=O)Nc2ccc3cnccc3c2)cc1. The molecule has 0 fully saturated rings. The van der Waals surface area contributed by atoms with Crippen molar-refractivity contribution < 1.29 is 14.3 Å². The zero-order chi connectivity index (χ0) is 15.4. The van der Waals surface area contributed by atoms with Crippen LogP contribution in [-0.4, -0.2) is 18.2 Å². The first-order valence-corrected chi connectivity index (χ1v) is 6.71. The summed E-state index contributed by atoms with van der Waals surface area (Å²) in [6.07, 6.45) is 2.94. The molecule has 0 saturated carbocycles. The molecule has 1 amide bonds. The first-order chi connectivity index (χ1) is 10.7. The molecule has 3 aromatic rings. The Kier molecular flexibility index (Phi) is 3.87. The zero-order valence-corrected chi connectivity index (χ0v) is 11.9. The average Bonchev–Trinajstić information content (AvgIpc) is 2.55. The van der Waals surface area contributed by atoms with Crippen LogP contribution in [0.15, 0.2) is 60.9 Å². The fraction of sp³-hybridized carbons (Fsp3) is 0.0588. The van der Waals surface area contributed by atoms with Crippen molar-refractivity contribution >= 4 is 22.6 Å². The number of nitrogens with zero attached hydrogens (tertiary/aromatic N) is 1. The Morgan fingerprint density at radius 2 is 1.77 bits per heavy atom. The lowest BCUT2D eigenvalue weighted by Gasteiger charge is -2.08. The zero-order valence-electron chi connectivity index (χ0n) is 11.9. The van der Waals surface area contributed by atoms with Crippen LogP contribution in [0.2, 0.25) is 0 Å². The smallest absolute Gasteiger partial charge is 0.417 e. The fourth-order valence-corrected chi connectivity index (χ4v) is 2.06. The number of carbonyl (C=O) groups is 1. The molecule has 3 rings (SSSR count). The van der Waals surface area contributed by atoms with Crippen molar-refractivity contribution in [2.45, 2.75) is 0 Å². The quantitative estimate of drug-likeness (QED) is 0.797. The molecule has 5 nitrogen and oxygen atoms in total. The van der Waals surface area contributed by atoms with E-state index in [4.69, 9.17) is 9.47 Å². The van der Waals surface area contributed by atoms with Gasteiger partial charge >= 0.3 is 6.09 Å². The number of rotatable bonds is 3. The van der Waals surface area contributed by atoms with E-state index in [1.165, 1.54) is 0 Å². The molecular formula is C17H14N2O3. The molecule has 1 N–H and O–H groups in total. The van der Waals surface area contributed by atoms with Crippen LogP contribution in [0.25, 0.3) is 10.8 Å². The summed E-state index contributed by atoms with van der Waals surface area (Å²) in [5.41, 5.74) is 0.664. The predicted molar refractivity (Wildman–Crippen MR) is 84.4 cm³/mol. The highest BCUT2D eigenvalue weighted by molar-refractivity contribution is 5.91. The van der Waals surface area contributed by atoms with Crippen LogP contribution in [0.1, 0.15) is 0 Å². The van der Waals surface area contributed by atoms with Crippen LogP contribution in [-0.2, 0) is 0 Å². The highest BCUT2D eigenvalue weighted by atomic mass is 16.6. The van der Waals surface area contributed by atoms with Gasteiger partial charge in [0.15, 0.2) is 0 Å². The summed E-state index contributed by atoms with van der Waals surface area (Å²) >= 11 is 0. The lowest BCUT2D eigenvalue weighted by atomic mass is 10.1. The van der Waals surface area contributed by atoms with Crippen molar-refractivity contribution in [1.29, 1.82) is 0 Å². The molecule has 1 heterocycles. The standard InChI is InChI=1S/C17H14N2O3/c1-21-15-4-6-16(7-5-15)22-17(20)19-14-3-2-13-11-18-9-8-12(13)10-14/h2-11H,1H3,(H,19,20). The molecule has 0 spiro atoms. The van der Waals surface area contributed by atoms with Crippen LogP contribution in [0.4, 0.5) is 10.5 Å². The summed E-state index contributed by atoms with van der Waals surface area (Å²) in [5, 5.41) is 4.71. The van der Waals surface area contributed by atoms with Gasteiger partial charge in [0.25, 0.3) is 0 Å². The second-order valence-electron chi connectivity index (χ2n) is 4.63. The normalized spacial score (nSPS) is 10.2. The van der Waals surface area contributed by atoms with Crippen molar-refractivity contribution in [3.8, 4) is 11.5 Å². The molecular weight excluding hydrogens is 280 g/mol. The minimum absolute atomic E-state index is 0.447. The number of fused-ring (bicyclic) bond motifs is 1. The van der Waals surface area contributed by atoms with E-state index in [0.717, 1.165) is 10.8 Å². The first-order valence-electron chi connectivity index (χ1n) is 6.71. The molecule has 5 heteroatoms. The third-order valence-corrected chi connectivity index (χ3v) is 3.16. The van der Waals surface area contributed by atoms with E-state index in [0.29, 0.717) is 17.2 Å². The van der Waals surface area contributed by atoms with Gasteiger partial charge in [-0.1, -0.05) is 6.07 Å². The molecule has 22 heavy (non-hydrogen) atoms. The van der Waals surface area contributed by atoms with Gasteiger partial charge in [-0.25, -0.2) is 4.79 Å². The van der Waals surface area contributed by atoms with Gasteiger partial charge in [-0.2, -0.15) is 0 Å². The van der Waals surface area contributed by atoms with Crippen molar-refractivity contribution in [2.24, 2.45) is 0 Å². The number of hydrogen-bond donors (Lipinski definition) is 1. The van der Waals surface area contributed by atoms with Crippen LogP contribution < -0.4 is 14.8 Å². The monoisotopic (exact) mass is 294 g/mol. The lowest BCUT2D eigenvalue weighted by molar-refractivity contribution is 0.215. The third-order valence-electron chi connectivity index (χ3n) is 3.16. The Hall–Kier alpha value is -3.08. The Balaban J connectivity index is 1.69. The average molecular weight is 294 g/mol. The number of pyridine rings is 1. The van der Waals surface area contributed by atoms with E-state index in [1.54, 1.807) is 49.8 Å². The maximum atomic E-state index is 11.9. The van der Waals surface area contributed by atoms with Crippen molar-refractivity contribution in [1.82, 2.24) is 4.98 Å². The van der Waals surface area contributed by atoms with E-state index >= 15 is 0 Å². The Morgan fingerprint density at radius 1 is 1.00 bits per heavy atom. The Morgan fingerprint density at radius 3 is 2.55 bits per heavy atom. The summed E-state index contributed by atoms with van der Waals surface area (Å²) in [6.45, 7) is 0. The van der Waals surface area contributed by atoms with E-state index in [9.17, 15) is 4.79 Å². The molecule has 110 valence electrons. The molecule has 2 aromatic carbocycles. The van der Waals surface area contributed by atoms with Gasteiger partial charge in [-0.05, 0) is 47.9 Å². The highest BCUT2D eigenvalue weighted by Gasteiger charge is 2.06. The summed E-state index contributed by atoms with van der Waals surface area (Å²) in [4.78, 5) is 15.9. The number of hydrogen-bond acceptors (Lipinski definition) is 4. The first kappa shape index (κ1) is 13.9. The van der Waals surface area contributed by atoms with E-state index in [-0.39, 0.29) is 0 Å². The molecule has 0 radical (unpaired) electrons. The van der Waals surface area contributed by atoms with Crippen LogP contribution in [0.5, 0.6) is 11.5 Å². The predicted octanol–water partition coefficient (Wildman–Crippen LogP) is 3.85. The topological polar surface area (TPSA) is 60.5 Å². The fourth-order valence-electron chi connectivity index (χ4n) is 2.06. The van der Waals surface area contributed by atoms with Gasteiger partial charge in [0.2, 0.25) is 0 Å². The van der Waals surface area contributed by atoms with Gasteiger partial charge < -0.3 is 9.47 Å². The molecule has 0 aliphatic heterocycles. The van der Waals surface area contributed by atoms with E-state index in [2.05, 4.69) is 10.3 Å².